The summed E-state index contributed by atoms with van der Waals surface area (Å²) in [5.74, 6) is 1.56. The number of aryl methyl sites for hydroxylation is 3. The standard InChI is InChI=1S/C20H19N5O.CH4/c1-14-22-19(24-16-8-5-9-17(26)12-16)18-13-21-25(20(18)23-14)11-10-15-6-3-2-4-7-15;/h2-9,12-13,26H,10-11H2,1H3,(H,22,23,24);1H4. The molecule has 0 radical (unpaired) electrons. The molecule has 0 aliphatic rings. The van der Waals surface area contributed by atoms with E-state index in [0.717, 1.165) is 29.7 Å². The smallest absolute Gasteiger partial charge is 0.163 e. The first-order valence-corrected chi connectivity index (χ1v) is 8.49. The van der Waals surface area contributed by atoms with Crippen molar-refractivity contribution >= 4 is 22.5 Å². The van der Waals surface area contributed by atoms with Gasteiger partial charge in [0.1, 0.15) is 17.4 Å². The highest BCUT2D eigenvalue weighted by Crippen LogP contribution is 2.25. The highest BCUT2D eigenvalue weighted by atomic mass is 16.3. The zero-order valence-electron chi connectivity index (χ0n) is 14.4. The fourth-order valence-corrected chi connectivity index (χ4v) is 2.92. The summed E-state index contributed by atoms with van der Waals surface area (Å²) < 4.78 is 1.91. The molecule has 6 heteroatoms. The molecule has 0 spiro atoms. The normalized spacial score (nSPS) is 10.6. The van der Waals surface area contributed by atoms with Crippen LogP contribution in [0.1, 0.15) is 18.8 Å². The largest absolute Gasteiger partial charge is 0.508 e. The van der Waals surface area contributed by atoms with Crippen molar-refractivity contribution in [3.8, 4) is 5.75 Å². The number of phenols is 1. The zero-order chi connectivity index (χ0) is 17.9. The van der Waals surface area contributed by atoms with Crippen LogP contribution in [0.3, 0.4) is 0 Å². The number of benzene rings is 2. The van der Waals surface area contributed by atoms with Gasteiger partial charge in [-0.1, -0.05) is 43.8 Å². The molecule has 2 N–H and O–H groups in total. The van der Waals surface area contributed by atoms with Gasteiger partial charge in [0.05, 0.1) is 11.6 Å². The number of fused-ring (bicyclic) bond motifs is 1. The predicted molar refractivity (Wildman–Crippen MR) is 108 cm³/mol. The minimum atomic E-state index is 0. The van der Waals surface area contributed by atoms with Crippen molar-refractivity contribution in [3.63, 3.8) is 0 Å². The second kappa shape index (κ2) is 7.86. The summed E-state index contributed by atoms with van der Waals surface area (Å²) in [6.07, 6.45) is 2.67. The lowest BCUT2D eigenvalue weighted by Gasteiger charge is -2.09. The van der Waals surface area contributed by atoms with Crippen LogP contribution in [0.5, 0.6) is 5.75 Å². The van der Waals surface area contributed by atoms with Gasteiger partial charge in [0, 0.05) is 18.3 Å². The van der Waals surface area contributed by atoms with Gasteiger partial charge in [-0.2, -0.15) is 5.10 Å². The van der Waals surface area contributed by atoms with Crippen molar-refractivity contribution in [1.82, 2.24) is 19.7 Å². The molecule has 138 valence electrons. The summed E-state index contributed by atoms with van der Waals surface area (Å²) >= 11 is 0. The van der Waals surface area contributed by atoms with Gasteiger partial charge in [0.2, 0.25) is 0 Å². The van der Waals surface area contributed by atoms with E-state index in [2.05, 4.69) is 32.5 Å². The maximum absolute atomic E-state index is 9.65. The minimum Gasteiger partial charge on any atom is -0.508 e. The van der Waals surface area contributed by atoms with E-state index in [0.29, 0.717) is 11.6 Å². The van der Waals surface area contributed by atoms with E-state index in [4.69, 9.17) is 0 Å². The molecule has 0 bridgehead atoms. The quantitative estimate of drug-likeness (QED) is 0.549. The highest BCUT2D eigenvalue weighted by Gasteiger charge is 2.12. The van der Waals surface area contributed by atoms with Gasteiger partial charge in [0.25, 0.3) is 0 Å². The molecular weight excluding hydrogens is 338 g/mol. The van der Waals surface area contributed by atoms with Crippen LogP contribution < -0.4 is 5.32 Å². The van der Waals surface area contributed by atoms with Gasteiger partial charge in [-0.25, -0.2) is 14.6 Å². The maximum atomic E-state index is 9.65. The lowest BCUT2D eigenvalue weighted by molar-refractivity contribution is 0.475. The molecule has 0 saturated heterocycles. The number of hydrogen-bond donors (Lipinski definition) is 2. The van der Waals surface area contributed by atoms with Crippen molar-refractivity contribution < 1.29 is 5.11 Å². The van der Waals surface area contributed by atoms with Crippen molar-refractivity contribution in [1.29, 1.82) is 0 Å². The van der Waals surface area contributed by atoms with Crippen LogP contribution in [0.15, 0.2) is 60.8 Å². The molecule has 27 heavy (non-hydrogen) atoms. The molecule has 2 aromatic heterocycles. The van der Waals surface area contributed by atoms with Gasteiger partial charge >= 0.3 is 0 Å². The Labute approximate surface area is 158 Å². The van der Waals surface area contributed by atoms with E-state index in [1.54, 1.807) is 24.4 Å². The van der Waals surface area contributed by atoms with Gasteiger partial charge in [0.15, 0.2) is 5.65 Å². The summed E-state index contributed by atoms with van der Waals surface area (Å²) in [6, 6.07) is 17.3. The fraction of sp³-hybridized carbons (Fsp3) is 0.190. The lowest BCUT2D eigenvalue weighted by atomic mass is 10.1. The zero-order valence-corrected chi connectivity index (χ0v) is 14.4. The van der Waals surface area contributed by atoms with Crippen LogP contribution >= 0.6 is 0 Å². The van der Waals surface area contributed by atoms with E-state index in [9.17, 15) is 5.11 Å². The first-order chi connectivity index (χ1) is 12.7. The molecule has 0 amide bonds. The summed E-state index contributed by atoms with van der Waals surface area (Å²) in [6.45, 7) is 2.61. The Kier molecular flexibility index (Phi) is 5.35. The van der Waals surface area contributed by atoms with Crippen LogP contribution in [-0.4, -0.2) is 24.9 Å². The van der Waals surface area contributed by atoms with E-state index in [1.807, 2.05) is 35.9 Å². The number of rotatable bonds is 5. The van der Waals surface area contributed by atoms with Crippen molar-refractivity contribution in [2.75, 3.05) is 5.32 Å². The topological polar surface area (TPSA) is 75.9 Å². The van der Waals surface area contributed by atoms with Crippen molar-refractivity contribution in [3.05, 3.63) is 72.2 Å². The maximum Gasteiger partial charge on any atom is 0.163 e. The van der Waals surface area contributed by atoms with E-state index in [-0.39, 0.29) is 13.2 Å². The number of aromatic hydroxyl groups is 1. The Morgan fingerprint density at radius 2 is 1.85 bits per heavy atom. The fourth-order valence-electron chi connectivity index (χ4n) is 2.92. The average molecular weight is 361 g/mol. The number of hydrogen-bond acceptors (Lipinski definition) is 5. The molecular formula is C21H23N5O. The van der Waals surface area contributed by atoms with E-state index in [1.165, 1.54) is 5.56 Å². The Hall–Kier alpha value is -3.41. The van der Waals surface area contributed by atoms with Crippen LogP contribution in [-0.2, 0) is 13.0 Å². The number of nitrogens with one attached hydrogen (secondary N) is 1. The average Bonchev–Trinajstić information content (AvgIpc) is 3.04. The summed E-state index contributed by atoms with van der Waals surface area (Å²) in [5.41, 5.74) is 2.83. The minimum absolute atomic E-state index is 0. The summed E-state index contributed by atoms with van der Waals surface area (Å²) in [5, 5.41) is 18.3. The van der Waals surface area contributed by atoms with E-state index >= 15 is 0 Å². The second-order valence-electron chi connectivity index (χ2n) is 6.14. The van der Waals surface area contributed by atoms with Crippen LogP contribution in [0, 0.1) is 6.92 Å². The van der Waals surface area contributed by atoms with Crippen LogP contribution in [0.25, 0.3) is 11.0 Å². The molecule has 0 atom stereocenters. The van der Waals surface area contributed by atoms with E-state index < -0.39 is 0 Å². The second-order valence-corrected chi connectivity index (χ2v) is 6.14. The molecule has 0 fully saturated rings. The number of nitrogens with zero attached hydrogens (tertiary/aromatic N) is 4. The van der Waals surface area contributed by atoms with Gasteiger partial charge in [-0.15, -0.1) is 0 Å². The van der Waals surface area contributed by atoms with Crippen LogP contribution in [0.4, 0.5) is 11.5 Å². The molecule has 0 aliphatic heterocycles. The SMILES string of the molecule is C.Cc1nc(Nc2cccc(O)c2)c2cnn(CCc3ccccc3)c2n1. The van der Waals surface area contributed by atoms with Crippen LogP contribution in [0.2, 0.25) is 0 Å². The molecule has 2 heterocycles. The molecule has 0 aliphatic carbocycles. The molecule has 0 unspecified atom stereocenters. The number of phenolic OH excluding ortho intramolecular Hbond substituents is 1. The molecule has 0 saturated carbocycles. The van der Waals surface area contributed by atoms with Crippen molar-refractivity contribution in [2.24, 2.45) is 0 Å². The van der Waals surface area contributed by atoms with Gasteiger partial charge in [-0.3, -0.25) is 0 Å². The van der Waals surface area contributed by atoms with Gasteiger partial charge in [-0.05, 0) is 31.0 Å². The lowest BCUT2D eigenvalue weighted by Crippen LogP contribution is -2.05. The third-order valence-electron chi connectivity index (χ3n) is 4.17. The highest BCUT2D eigenvalue weighted by molar-refractivity contribution is 5.88. The monoisotopic (exact) mass is 361 g/mol. The molecule has 4 rings (SSSR count). The van der Waals surface area contributed by atoms with Crippen molar-refractivity contribution in [2.45, 2.75) is 27.3 Å². The molecule has 2 aromatic carbocycles. The first-order valence-electron chi connectivity index (χ1n) is 8.49. The predicted octanol–water partition coefficient (Wildman–Crippen LogP) is 4.46. The Morgan fingerprint density at radius 1 is 1.04 bits per heavy atom. The molecule has 6 nitrogen and oxygen atoms in total. The Bertz CT molecular complexity index is 1040. The Morgan fingerprint density at radius 3 is 2.63 bits per heavy atom. The van der Waals surface area contributed by atoms with Gasteiger partial charge < -0.3 is 10.4 Å². The first kappa shape index (κ1) is 18.4. The summed E-state index contributed by atoms with van der Waals surface area (Å²) in [4.78, 5) is 9.07. The molecule has 4 aromatic rings. The third kappa shape index (κ3) is 4.06. The third-order valence-corrected chi connectivity index (χ3v) is 4.17. The summed E-state index contributed by atoms with van der Waals surface area (Å²) in [7, 11) is 0. The number of aromatic nitrogens is 4. The number of anilines is 2. The Balaban J connectivity index is 0.00000210.